The molecule has 3 aromatic rings. The van der Waals surface area contributed by atoms with Gasteiger partial charge in [-0.05, 0) is 61.0 Å². The van der Waals surface area contributed by atoms with E-state index >= 15 is 0 Å². The van der Waals surface area contributed by atoms with Gasteiger partial charge in [-0.25, -0.2) is 5.43 Å². The predicted molar refractivity (Wildman–Crippen MR) is 114 cm³/mol. The van der Waals surface area contributed by atoms with E-state index in [2.05, 4.69) is 15.8 Å². The van der Waals surface area contributed by atoms with Gasteiger partial charge in [0.05, 0.1) is 11.3 Å². The molecule has 0 spiro atoms. The lowest BCUT2D eigenvalue weighted by Gasteiger charge is -2.07. The van der Waals surface area contributed by atoms with Crippen molar-refractivity contribution in [3.05, 3.63) is 94.5 Å². The van der Waals surface area contributed by atoms with Gasteiger partial charge in [0.2, 0.25) is 0 Å². The minimum Gasteiger partial charge on any atom is -0.507 e. The second-order valence-electron chi connectivity index (χ2n) is 6.19. The van der Waals surface area contributed by atoms with Crippen molar-refractivity contribution in [2.24, 2.45) is 5.10 Å². The summed E-state index contributed by atoms with van der Waals surface area (Å²) in [5, 5.41) is 17.1. The lowest BCUT2D eigenvalue weighted by atomic mass is 10.1. The Balaban J connectivity index is 1.63. The summed E-state index contributed by atoms with van der Waals surface area (Å²) in [6.07, 6.45) is 0. The zero-order chi connectivity index (χ0) is 20.8. The molecule has 0 atom stereocenters. The summed E-state index contributed by atoms with van der Waals surface area (Å²) in [5.74, 6) is -0.859. The number of rotatable bonds is 5. The van der Waals surface area contributed by atoms with Gasteiger partial charge in [-0.15, -0.1) is 0 Å². The van der Waals surface area contributed by atoms with Crippen molar-refractivity contribution in [3.63, 3.8) is 0 Å². The molecule has 0 saturated carbocycles. The van der Waals surface area contributed by atoms with Gasteiger partial charge in [0, 0.05) is 16.3 Å². The number of aromatic hydroxyl groups is 1. The number of hydrogen-bond acceptors (Lipinski definition) is 4. The maximum Gasteiger partial charge on any atom is 0.275 e. The summed E-state index contributed by atoms with van der Waals surface area (Å²) in [5.41, 5.74) is 5.03. The Kier molecular flexibility index (Phi) is 6.26. The van der Waals surface area contributed by atoms with Crippen LogP contribution >= 0.6 is 11.6 Å². The van der Waals surface area contributed by atoms with Crippen molar-refractivity contribution in [1.29, 1.82) is 0 Å². The van der Waals surface area contributed by atoms with E-state index in [1.807, 2.05) is 0 Å². The van der Waals surface area contributed by atoms with Gasteiger partial charge in [0.25, 0.3) is 11.8 Å². The fraction of sp³-hybridized carbons (Fsp3) is 0.0455. The molecule has 0 aromatic heterocycles. The molecular weight excluding hydrogens is 390 g/mol. The Bertz CT molecular complexity index is 1060. The van der Waals surface area contributed by atoms with Crippen LogP contribution in [0.4, 0.5) is 5.69 Å². The number of hydrogen-bond donors (Lipinski definition) is 3. The van der Waals surface area contributed by atoms with Crippen LogP contribution in [0.15, 0.2) is 77.9 Å². The molecular formula is C22H18ClN3O3. The average Bonchev–Trinajstić information content (AvgIpc) is 2.73. The summed E-state index contributed by atoms with van der Waals surface area (Å²) in [6, 6.07) is 19.9. The third-order valence-electron chi connectivity index (χ3n) is 4.14. The standard InChI is InChI=1S/C22H18ClN3O3/c1-14(25-26-22(29)19-4-2-3-5-20(19)27)15-8-12-18(13-9-15)24-21(28)16-6-10-17(23)11-7-16/h2-13,27H,1H3,(H,24,28)(H,26,29). The van der Waals surface area contributed by atoms with E-state index in [1.165, 1.54) is 12.1 Å². The number of para-hydroxylation sites is 1. The first-order chi connectivity index (χ1) is 13.9. The number of benzene rings is 3. The topological polar surface area (TPSA) is 90.8 Å². The number of nitrogens with zero attached hydrogens (tertiary/aromatic N) is 1. The molecule has 0 heterocycles. The second-order valence-corrected chi connectivity index (χ2v) is 6.63. The van der Waals surface area contributed by atoms with E-state index in [0.717, 1.165) is 5.56 Å². The van der Waals surface area contributed by atoms with E-state index in [9.17, 15) is 14.7 Å². The number of halogens is 1. The molecule has 3 N–H and O–H groups in total. The molecule has 7 heteroatoms. The van der Waals surface area contributed by atoms with Gasteiger partial charge in [0.1, 0.15) is 5.75 Å². The van der Waals surface area contributed by atoms with Crippen LogP contribution in [0, 0.1) is 0 Å². The molecule has 0 aliphatic heterocycles. The number of phenols is 1. The molecule has 0 fully saturated rings. The van der Waals surface area contributed by atoms with Crippen molar-refractivity contribution in [2.75, 3.05) is 5.32 Å². The van der Waals surface area contributed by atoms with Crippen LogP contribution in [0.5, 0.6) is 5.75 Å². The Morgan fingerprint density at radius 3 is 2.14 bits per heavy atom. The van der Waals surface area contributed by atoms with Gasteiger partial charge < -0.3 is 10.4 Å². The van der Waals surface area contributed by atoms with Gasteiger partial charge in [-0.2, -0.15) is 5.10 Å². The van der Waals surface area contributed by atoms with Crippen molar-refractivity contribution >= 4 is 34.8 Å². The minimum atomic E-state index is -0.505. The van der Waals surface area contributed by atoms with Gasteiger partial charge in [-0.1, -0.05) is 35.9 Å². The third kappa shape index (κ3) is 5.21. The monoisotopic (exact) mass is 407 g/mol. The molecule has 2 amide bonds. The van der Waals surface area contributed by atoms with Gasteiger partial charge in [-0.3, -0.25) is 9.59 Å². The van der Waals surface area contributed by atoms with E-state index in [4.69, 9.17) is 11.6 Å². The number of phenolic OH excluding ortho intramolecular Hbond substituents is 1. The van der Waals surface area contributed by atoms with Crippen molar-refractivity contribution in [1.82, 2.24) is 5.43 Å². The highest BCUT2D eigenvalue weighted by molar-refractivity contribution is 6.30. The zero-order valence-electron chi connectivity index (χ0n) is 15.5. The first-order valence-corrected chi connectivity index (χ1v) is 9.12. The molecule has 0 aliphatic rings. The third-order valence-corrected chi connectivity index (χ3v) is 4.39. The Labute approximate surface area is 172 Å². The van der Waals surface area contributed by atoms with E-state index in [0.29, 0.717) is 22.0 Å². The number of hydrazone groups is 1. The van der Waals surface area contributed by atoms with Crippen LogP contribution in [-0.2, 0) is 0 Å². The number of anilines is 1. The fourth-order valence-corrected chi connectivity index (χ4v) is 2.65. The van der Waals surface area contributed by atoms with E-state index in [-0.39, 0.29) is 17.2 Å². The highest BCUT2D eigenvalue weighted by Gasteiger charge is 2.10. The zero-order valence-corrected chi connectivity index (χ0v) is 16.3. The predicted octanol–water partition coefficient (Wildman–Crippen LogP) is 4.45. The first-order valence-electron chi connectivity index (χ1n) is 8.74. The fourth-order valence-electron chi connectivity index (χ4n) is 2.52. The lowest BCUT2D eigenvalue weighted by molar-refractivity contribution is 0.0951. The summed E-state index contributed by atoms with van der Waals surface area (Å²) >= 11 is 5.83. The molecule has 3 aromatic carbocycles. The summed E-state index contributed by atoms with van der Waals surface area (Å²) < 4.78 is 0. The van der Waals surface area contributed by atoms with Crippen molar-refractivity contribution in [3.8, 4) is 5.75 Å². The largest absolute Gasteiger partial charge is 0.507 e. The number of carbonyl (C=O) groups is 2. The highest BCUT2D eigenvalue weighted by Crippen LogP contribution is 2.16. The molecule has 0 radical (unpaired) electrons. The van der Waals surface area contributed by atoms with Crippen LogP contribution in [-0.4, -0.2) is 22.6 Å². The molecule has 0 saturated heterocycles. The smallest absolute Gasteiger partial charge is 0.275 e. The molecule has 0 aliphatic carbocycles. The molecule has 0 unspecified atom stereocenters. The molecule has 29 heavy (non-hydrogen) atoms. The average molecular weight is 408 g/mol. The Morgan fingerprint density at radius 1 is 0.862 bits per heavy atom. The maximum atomic E-state index is 12.2. The second kappa shape index (κ2) is 9.03. The van der Waals surface area contributed by atoms with Crippen LogP contribution in [0.3, 0.4) is 0 Å². The summed E-state index contributed by atoms with van der Waals surface area (Å²) in [6.45, 7) is 1.74. The summed E-state index contributed by atoms with van der Waals surface area (Å²) in [4.78, 5) is 24.3. The molecule has 3 rings (SSSR count). The van der Waals surface area contributed by atoms with Crippen LogP contribution in [0.2, 0.25) is 5.02 Å². The Hall–Kier alpha value is -3.64. The van der Waals surface area contributed by atoms with E-state index in [1.54, 1.807) is 67.6 Å². The van der Waals surface area contributed by atoms with Gasteiger partial charge in [0.15, 0.2) is 0 Å². The normalized spacial score (nSPS) is 11.0. The summed E-state index contributed by atoms with van der Waals surface area (Å²) in [7, 11) is 0. The lowest BCUT2D eigenvalue weighted by Crippen LogP contribution is -2.19. The van der Waals surface area contributed by atoms with Crippen LogP contribution in [0.1, 0.15) is 33.2 Å². The molecule has 146 valence electrons. The number of nitrogens with one attached hydrogen (secondary N) is 2. The van der Waals surface area contributed by atoms with Crippen LogP contribution in [0.25, 0.3) is 0 Å². The molecule has 6 nitrogen and oxygen atoms in total. The van der Waals surface area contributed by atoms with Gasteiger partial charge >= 0.3 is 0 Å². The van der Waals surface area contributed by atoms with Crippen molar-refractivity contribution < 1.29 is 14.7 Å². The maximum absolute atomic E-state index is 12.2. The van der Waals surface area contributed by atoms with E-state index < -0.39 is 5.91 Å². The SMILES string of the molecule is CC(=NNC(=O)c1ccccc1O)c1ccc(NC(=O)c2ccc(Cl)cc2)cc1. The highest BCUT2D eigenvalue weighted by atomic mass is 35.5. The number of carbonyl (C=O) groups excluding carboxylic acids is 2. The first kappa shape index (κ1) is 20.1. The Morgan fingerprint density at radius 2 is 1.48 bits per heavy atom. The minimum absolute atomic E-state index is 0.112. The molecule has 0 bridgehead atoms. The number of amides is 2. The van der Waals surface area contributed by atoms with Crippen LogP contribution < -0.4 is 10.7 Å². The van der Waals surface area contributed by atoms with Crippen molar-refractivity contribution in [2.45, 2.75) is 6.92 Å². The quantitative estimate of drug-likeness (QED) is 0.431.